The first kappa shape index (κ1) is 62.2. The summed E-state index contributed by atoms with van der Waals surface area (Å²) in [6, 6.07) is 22.4. The molecule has 4 aromatic carbocycles. The van der Waals surface area contributed by atoms with E-state index in [2.05, 4.69) is 48.8 Å². The smallest absolute Gasteiger partial charge is 0.379 e. The van der Waals surface area contributed by atoms with Crippen molar-refractivity contribution in [2.45, 2.75) is 104 Å². The van der Waals surface area contributed by atoms with Gasteiger partial charge in [0.15, 0.2) is 0 Å². The maximum atomic E-state index is 14.1. The van der Waals surface area contributed by atoms with Gasteiger partial charge >= 0.3 is 21.7 Å². The molecule has 2 N–H and O–H groups in total. The molecule has 0 heterocycles. The standard InChI is InChI=1S/2C24H30F2NO3.2C5H5.Ti/c2*1-3-5-13-29-15-16-30-14-12-18-8-6-7-9-20(18)24(28)27-23(4-2)21-11-10-19(25)17-22(21)26;2*1-2-4-5-3-1;/h2*6-11,23H,3-5,12-16H2,1-2H3,(H,27,28);2*1-3H,4H2;/q4*-1;+4. The summed E-state index contributed by atoms with van der Waals surface area (Å²) < 4.78 is 76.6. The van der Waals surface area contributed by atoms with E-state index in [9.17, 15) is 27.2 Å². The molecule has 0 aliphatic heterocycles. The summed E-state index contributed by atoms with van der Waals surface area (Å²) >= 11 is 0. The molecular formula is C58H70F4N2O6Ti. The topological polar surface area (TPSA) is 95.1 Å². The molecule has 2 amide bonds. The molecule has 0 aromatic heterocycles. The van der Waals surface area contributed by atoms with Crippen molar-refractivity contribution < 1.29 is 67.8 Å². The molecular weight excluding hydrogens is 945 g/mol. The summed E-state index contributed by atoms with van der Waals surface area (Å²) in [5.74, 6) is -3.71. The Kier molecular flexibility index (Phi) is 33.9. The van der Waals surface area contributed by atoms with Crippen molar-refractivity contribution in [2.24, 2.45) is 0 Å². The van der Waals surface area contributed by atoms with E-state index in [0.29, 0.717) is 76.5 Å². The fraction of sp³-hybridized carbons (Fsp3) is 0.414. The Labute approximate surface area is 435 Å². The van der Waals surface area contributed by atoms with Crippen LogP contribution in [0.15, 0.2) is 109 Å². The summed E-state index contributed by atoms with van der Waals surface area (Å²) in [5, 5.41) is 5.70. The van der Waals surface area contributed by atoms with Crippen molar-refractivity contribution in [1.82, 2.24) is 10.6 Å². The molecule has 0 saturated carbocycles. The molecule has 0 bridgehead atoms. The van der Waals surface area contributed by atoms with Gasteiger partial charge in [-0.15, -0.1) is 37.1 Å². The van der Waals surface area contributed by atoms with Crippen LogP contribution in [0, 0.1) is 47.6 Å². The second kappa shape index (κ2) is 38.7. The molecule has 380 valence electrons. The normalized spacial score (nSPS) is 12.6. The molecule has 4 aromatic rings. The maximum absolute atomic E-state index is 14.1. The Bertz CT molecular complexity index is 2060. The predicted octanol–water partition coefficient (Wildman–Crippen LogP) is 12.7. The molecule has 0 fully saturated rings. The number of halogens is 4. The number of hydrogen-bond donors (Lipinski definition) is 2. The number of carbonyl (C=O) groups excluding carboxylic acids is 2. The number of hydrogen-bond acceptors (Lipinski definition) is 6. The van der Waals surface area contributed by atoms with Crippen LogP contribution in [-0.2, 0) is 53.5 Å². The number of unbranched alkanes of at least 4 members (excludes halogenated alkanes) is 2. The second-order valence-corrected chi connectivity index (χ2v) is 16.0. The first-order chi connectivity index (χ1) is 34.1. The van der Waals surface area contributed by atoms with E-state index in [0.717, 1.165) is 75.0 Å². The van der Waals surface area contributed by atoms with Gasteiger partial charge in [-0.3, -0.25) is 21.7 Å². The third-order valence-electron chi connectivity index (χ3n) is 10.7. The van der Waals surface area contributed by atoms with Crippen LogP contribution in [0.25, 0.3) is 0 Å². The van der Waals surface area contributed by atoms with Gasteiger partial charge in [-0.2, -0.15) is 24.3 Å². The monoisotopic (exact) mass is 1010 g/mol. The Hall–Kier alpha value is -4.95. The first-order valence-electron chi connectivity index (χ1n) is 24.4. The van der Waals surface area contributed by atoms with E-state index in [1.165, 1.54) is 12.1 Å². The van der Waals surface area contributed by atoms with Crippen LogP contribution in [0.4, 0.5) is 17.6 Å². The Morgan fingerprint density at radius 3 is 1.23 bits per heavy atom. The van der Waals surface area contributed by atoms with E-state index in [4.69, 9.17) is 18.9 Å². The van der Waals surface area contributed by atoms with Crippen molar-refractivity contribution in [3.8, 4) is 0 Å². The van der Waals surface area contributed by atoms with Gasteiger partial charge < -0.3 is 29.6 Å². The Morgan fingerprint density at radius 1 is 0.535 bits per heavy atom. The maximum Gasteiger partial charge on any atom is 4.00 e. The van der Waals surface area contributed by atoms with Crippen molar-refractivity contribution in [3.63, 3.8) is 0 Å². The molecule has 0 spiro atoms. The number of allylic oxidation sites excluding steroid dienone is 8. The fourth-order valence-electron chi connectivity index (χ4n) is 6.82. The predicted molar refractivity (Wildman–Crippen MR) is 268 cm³/mol. The van der Waals surface area contributed by atoms with Gasteiger partial charge in [0.2, 0.25) is 0 Å². The van der Waals surface area contributed by atoms with Crippen molar-refractivity contribution >= 4 is 11.8 Å². The summed E-state index contributed by atoms with van der Waals surface area (Å²) in [6.45, 7) is 12.5. The van der Waals surface area contributed by atoms with Crippen molar-refractivity contribution in [1.29, 1.82) is 0 Å². The second-order valence-electron chi connectivity index (χ2n) is 16.0. The third kappa shape index (κ3) is 25.3. The van der Waals surface area contributed by atoms with E-state index in [-0.39, 0.29) is 44.7 Å². The van der Waals surface area contributed by atoms with Gasteiger partial charge in [-0.05, 0) is 61.8 Å². The number of ether oxygens (including phenoxy) is 4. The Morgan fingerprint density at radius 2 is 0.915 bits per heavy atom. The van der Waals surface area contributed by atoms with Gasteiger partial charge in [-0.25, -0.2) is 41.9 Å². The van der Waals surface area contributed by atoms with Crippen LogP contribution in [0.3, 0.4) is 0 Å². The quantitative estimate of drug-likeness (QED) is 0.0282. The number of carbonyl (C=O) groups is 2. The van der Waals surface area contributed by atoms with Crippen molar-refractivity contribution in [3.05, 3.63) is 190 Å². The van der Waals surface area contributed by atoms with Gasteiger partial charge in [-0.1, -0.05) is 88.1 Å². The SMILES string of the molecule is CCCCOCCOCCc1ccccc1C(=O)NC(CC)c1ccc(F)[c-]c1F.CCCCOCCOCCc1ccccc1C(=O)NC(CC)c1ccc(F)[c-]c1F.[C-]1=CC=CC1.[C-]1=CC=CC1.[Ti+4]. The molecule has 6 rings (SSSR count). The molecule has 0 radical (unpaired) electrons. The summed E-state index contributed by atoms with van der Waals surface area (Å²) in [7, 11) is 0. The minimum atomic E-state index is -0.787. The zero-order chi connectivity index (χ0) is 50.6. The van der Waals surface area contributed by atoms with Crippen LogP contribution in [0.5, 0.6) is 0 Å². The minimum absolute atomic E-state index is 0. The van der Waals surface area contributed by atoms with E-state index >= 15 is 0 Å². The summed E-state index contributed by atoms with van der Waals surface area (Å²) in [4.78, 5) is 25.7. The molecule has 2 aliphatic rings. The van der Waals surface area contributed by atoms with Crippen molar-refractivity contribution in [2.75, 3.05) is 52.9 Å². The number of benzene rings is 4. The molecule has 71 heavy (non-hydrogen) atoms. The minimum Gasteiger partial charge on any atom is -0.379 e. The molecule has 8 nitrogen and oxygen atoms in total. The molecule has 2 unspecified atom stereocenters. The van der Waals surface area contributed by atoms with Crippen LogP contribution in [0.1, 0.15) is 134 Å². The van der Waals surface area contributed by atoms with Crippen LogP contribution >= 0.6 is 0 Å². The number of nitrogens with one attached hydrogen (secondary N) is 2. The average Bonchev–Trinajstić information content (AvgIpc) is 4.17. The van der Waals surface area contributed by atoms with Gasteiger partial charge in [0, 0.05) is 59.7 Å². The first-order valence-corrected chi connectivity index (χ1v) is 24.4. The molecule has 0 saturated heterocycles. The van der Waals surface area contributed by atoms with Crippen LogP contribution in [-0.4, -0.2) is 64.7 Å². The third-order valence-corrected chi connectivity index (χ3v) is 10.7. The zero-order valence-corrected chi connectivity index (χ0v) is 43.3. The van der Waals surface area contributed by atoms with E-state index in [1.54, 1.807) is 24.3 Å². The number of rotatable bonds is 26. The van der Waals surface area contributed by atoms with Crippen LogP contribution < -0.4 is 10.6 Å². The van der Waals surface area contributed by atoms with Gasteiger partial charge in [0.1, 0.15) is 0 Å². The van der Waals surface area contributed by atoms with Gasteiger partial charge in [0.05, 0.1) is 39.6 Å². The summed E-state index contributed by atoms with van der Waals surface area (Å²) in [6.07, 6.45) is 26.4. The molecule has 2 atom stereocenters. The average molecular weight is 1020 g/mol. The van der Waals surface area contributed by atoms with E-state index in [1.807, 2.05) is 74.5 Å². The Balaban J connectivity index is 0.000000399. The summed E-state index contributed by atoms with van der Waals surface area (Å²) in [5.41, 5.74) is 3.17. The van der Waals surface area contributed by atoms with Gasteiger partial charge in [0.25, 0.3) is 11.8 Å². The molecule has 2 aliphatic carbocycles. The fourth-order valence-corrected chi connectivity index (χ4v) is 6.82. The largest absolute Gasteiger partial charge is 4.00 e. The van der Waals surface area contributed by atoms with Crippen LogP contribution in [0.2, 0.25) is 0 Å². The zero-order valence-electron chi connectivity index (χ0n) is 41.7. The number of amides is 2. The molecule has 13 heteroatoms. The van der Waals surface area contributed by atoms with E-state index < -0.39 is 35.4 Å².